The van der Waals surface area contributed by atoms with Crippen LogP contribution in [0.5, 0.6) is 5.75 Å². The van der Waals surface area contributed by atoms with Crippen LogP contribution in [-0.4, -0.2) is 53.2 Å². The van der Waals surface area contributed by atoms with E-state index in [-0.39, 0.29) is 29.4 Å². The molecule has 0 radical (unpaired) electrons. The lowest BCUT2D eigenvalue weighted by Gasteiger charge is -2.15. The number of carbonyl (C=O) groups excluding carboxylic acids is 1. The molecule has 1 aromatic carbocycles. The van der Waals surface area contributed by atoms with Crippen molar-refractivity contribution in [3.8, 4) is 5.75 Å². The molecule has 1 aromatic rings. The number of rotatable bonds is 8. The molecule has 0 aliphatic rings. The molecule has 124 valence electrons. The second kappa shape index (κ2) is 7.98. The van der Waals surface area contributed by atoms with Crippen molar-refractivity contribution in [2.75, 3.05) is 20.2 Å². The molecule has 1 rings (SSSR count). The van der Waals surface area contributed by atoms with Gasteiger partial charge in [0.2, 0.25) is 5.91 Å². The molecule has 0 aliphatic heterocycles. The summed E-state index contributed by atoms with van der Waals surface area (Å²) in [5.41, 5.74) is -0.251. The van der Waals surface area contributed by atoms with Crippen LogP contribution < -0.4 is 4.74 Å². The van der Waals surface area contributed by atoms with Crippen LogP contribution in [-0.2, 0) is 4.79 Å². The van der Waals surface area contributed by atoms with Crippen LogP contribution in [0.1, 0.15) is 32.7 Å². The fourth-order valence-electron chi connectivity index (χ4n) is 2.05. The number of carbonyl (C=O) groups is 3. The van der Waals surface area contributed by atoms with Crippen LogP contribution in [0.4, 0.5) is 0 Å². The molecule has 0 bridgehead atoms. The first-order chi connectivity index (χ1) is 10.8. The van der Waals surface area contributed by atoms with Gasteiger partial charge < -0.3 is 19.8 Å². The SMILES string of the molecule is C=CC(=O)N(C)CCCOc1cc(C)c(C(=O)O)c(C(=O)O)c1. The van der Waals surface area contributed by atoms with Gasteiger partial charge in [0.1, 0.15) is 5.75 Å². The average molecular weight is 321 g/mol. The lowest BCUT2D eigenvalue weighted by molar-refractivity contribution is -0.124. The first-order valence-corrected chi connectivity index (χ1v) is 6.89. The number of hydrogen-bond donors (Lipinski definition) is 2. The summed E-state index contributed by atoms with van der Waals surface area (Å²) in [4.78, 5) is 35.1. The molecule has 2 N–H and O–H groups in total. The van der Waals surface area contributed by atoms with Gasteiger partial charge in [-0.05, 0) is 37.1 Å². The molecule has 1 amide bonds. The largest absolute Gasteiger partial charge is 0.493 e. The van der Waals surface area contributed by atoms with E-state index in [1.807, 2.05) is 0 Å². The second-order valence-electron chi connectivity index (χ2n) is 4.94. The highest BCUT2D eigenvalue weighted by molar-refractivity contribution is 6.03. The Balaban J connectivity index is 2.75. The summed E-state index contributed by atoms with van der Waals surface area (Å²) in [7, 11) is 1.64. The van der Waals surface area contributed by atoms with Crippen LogP contribution in [0, 0.1) is 6.92 Å². The van der Waals surface area contributed by atoms with E-state index in [1.54, 1.807) is 7.05 Å². The number of nitrogens with zero attached hydrogens (tertiary/aromatic N) is 1. The van der Waals surface area contributed by atoms with Crippen LogP contribution >= 0.6 is 0 Å². The normalized spacial score (nSPS) is 10.0. The highest BCUT2D eigenvalue weighted by atomic mass is 16.5. The zero-order valence-electron chi connectivity index (χ0n) is 13.0. The number of aromatic carboxylic acids is 2. The molecule has 0 unspecified atom stereocenters. The average Bonchev–Trinajstić information content (AvgIpc) is 2.49. The van der Waals surface area contributed by atoms with Gasteiger partial charge >= 0.3 is 11.9 Å². The molecule has 7 nitrogen and oxygen atoms in total. The van der Waals surface area contributed by atoms with E-state index in [0.29, 0.717) is 18.5 Å². The molecular formula is C16H19NO6. The van der Waals surface area contributed by atoms with E-state index in [9.17, 15) is 14.4 Å². The molecule has 0 aromatic heterocycles. The number of ether oxygens (including phenoxy) is 1. The van der Waals surface area contributed by atoms with Crippen molar-refractivity contribution in [2.45, 2.75) is 13.3 Å². The summed E-state index contributed by atoms with van der Waals surface area (Å²) in [5.74, 6) is -2.54. The first-order valence-electron chi connectivity index (χ1n) is 6.89. The van der Waals surface area contributed by atoms with Gasteiger partial charge in [-0.2, -0.15) is 0 Å². The van der Waals surface area contributed by atoms with Gasteiger partial charge in [0.25, 0.3) is 0 Å². The van der Waals surface area contributed by atoms with Crippen LogP contribution in [0.15, 0.2) is 24.8 Å². The van der Waals surface area contributed by atoms with E-state index < -0.39 is 11.9 Å². The number of likely N-dealkylation sites (N-methyl/N-ethyl adjacent to an activating group) is 1. The number of benzene rings is 1. The predicted octanol–water partition coefficient (Wildman–Crippen LogP) is 1.80. The van der Waals surface area contributed by atoms with Crippen molar-refractivity contribution in [1.29, 1.82) is 0 Å². The Kier molecular flexibility index (Phi) is 6.32. The summed E-state index contributed by atoms with van der Waals surface area (Å²) >= 11 is 0. The molecular weight excluding hydrogens is 302 g/mol. The number of carboxylic acid groups (broad SMARTS) is 2. The third-order valence-electron chi connectivity index (χ3n) is 3.21. The highest BCUT2D eigenvalue weighted by Gasteiger charge is 2.20. The topological polar surface area (TPSA) is 104 Å². The molecule has 0 atom stereocenters. The molecule has 0 saturated carbocycles. The third kappa shape index (κ3) is 4.84. The van der Waals surface area contributed by atoms with Gasteiger partial charge in [-0.1, -0.05) is 6.58 Å². The Morgan fingerprint density at radius 3 is 2.43 bits per heavy atom. The van der Waals surface area contributed by atoms with Crippen molar-refractivity contribution in [1.82, 2.24) is 4.90 Å². The fraction of sp³-hybridized carbons (Fsp3) is 0.312. The van der Waals surface area contributed by atoms with E-state index in [2.05, 4.69) is 6.58 Å². The minimum absolute atomic E-state index is 0.195. The van der Waals surface area contributed by atoms with Gasteiger partial charge in [0.05, 0.1) is 17.7 Å². The Bertz CT molecular complexity index is 638. The zero-order chi connectivity index (χ0) is 17.6. The maximum Gasteiger partial charge on any atom is 0.336 e. The Labute approximate surface area is 133 Å². The smallest absolute Gasteiger partial charge is 0.336 e. The first kappa shape index (κ1) is 18.2. The number of carboxylic acids is 2. The second-order valence-corrected chi connectivity index (χ2v) is 4.94. The van der Waals surface area contributed by atoms with Gasteiger partial charge in [-0.25, -0.2) is 9.59 Å². The fourth-order valence-corrected chi connectivity index (χ4v) is 2.05. The van der Waals surface area contributed by atoms with Crippen LogP contribution in [0.2, 0.25) is 0 Å². The lowest BCUT2D eigenvalue weighted by Crippen LogP contribution is -2.26. The van der Waals surface area contributed by atoms with Crippen molar-refractivity contribution in [2.24, 2.45) is 0 Å². The summed E-state index contributed by atoms with van der Waals surface area (Å²) in [6.45, 7) is 5.63. The molecule has 0 saturated heterocycles. The summed E-state index contributed by atoms with van der Waals surface area (Å²) in [6.07, 6.45) is 1.76. The highest BCUT2D eigenvalue weighted by Crippen LogP contribution is 2.23. The van der Waals surface area contributed by atoms with Gasteiger partial charge in [0, 0.05) is 13.6 Å². The maximum atomic E-state index is 11.3. The summed E-state index contributed by atoms with van der Waals surface area (Å²) < 4.78 is 5.46. The monoisotopic (exact) mass is 321 g/mol. The molecule has 0 spiro atoms. The summed E-state index contributed by atoms with van der Waals surface area (Å²) in [6, 6.07) is 2.67. The van der Waals surface area contributed by atoms with E-state index >= 15 is 0 Å². The Morgan fingerprint density at radius 2 is 1.91 bits per heavy atom. The maximum absolute atomic E-state index is 11.3. The van der Waals surface area contributed by atoms with Crippen LogP contribution in [0.25, 0.3) is 0 Å². The Hall–Kier alpha value is -2.83. The molecule has 23 heavy (non-hydrogen) atoms. The van der Waals surface area contributed by atoms with E-state index in [4.69, 9.17) is 14.9 Å². The predicted molar refractivity (Wildman–Crippen MR) is 83.0 cm³/mol. The Morgan fingerprint density at radius 1 is 1.26 bits per heavy atom. The minimum Gasteiger partial charge on any atom is -0.493 e. The lowest BCUT2D eigenvalue weighted by atomic mass is 10.0. The quantitative estimate of drug-likeness (QED) is 0.559. The van der Waals surface area contributed by atoms with Gasteiger partial charge in [-0.3, -0.25) is 4.79 Å². The minimum atomic E-state index is -1.33. The van der Waals surface area contributed by atoms with Crippen molar-refractivity contribution in [3.05, 3.63) is 41.5 Å². The number of amides is 1. The zero-order valence-corrected chi connectivity index (χ0v) is 13.0. The van der Waals surface area contributed by atoms with E-state index in [1.165, 1.54) is 30.0 Å². The molecule has 0 fully saturated rings. The van der Waals surface area contributed by atoms with Crippen molar-refractivity contribution < 1.29 is 29.3 Å². The number of hydrogen-bond acceptors (Lipinski definition) is 4. The third-order valence-corrected chi connectivity index (χ3v) is 3.21. The number of aryl methyl sites for hydroxylation is 1. The van der Waals surface area contributed by atoms with Crippen molar-refractivity contribution >= 4 is 17.8 Å². The van der Waals surface area contributed by atoms with Gasteiger partial charge in [0.15, 0.2) is 0 Å². The van der Waals surface area contributed by atoms with Crippen LogP contribution in [0.3, 0.4) is 0 Å². The standard InChI is InChI=1S/C16H19NO6/c1-4-13(18)17(3)6-5-7-23-11-8-10(2)14(16(21)22)12(9-11)15(19)20/h4,8-9H,1,5-7H2,2-3H3,(H,19,20)(H,21,22). The van der Waals surface area contributed by atoms with Gasteiger partial charge in [-0.15, -0.1) is 0 Å². The van der Waals surface area contributed by atoms with E-state index in [0.717, 1.165) is 0 Å². The summed E-state index contributed by atoms with van der Waals surface area (Å²) in [5, 5.41) is 18.2. The molecule has 0 aliphatic carbocycles. The molecule has 0 heterocycles. The van der Waals surface area contributed by atoms with Crippen molar-refractivity contribution in [3.63, 3.8) is 0 Å². The molecule has 7 heteroatoms.